The minimum absolute atomic E-state index is 0.195. The van der Waals surface area contributed by atoms with Crippen LogP contribution in [0.4, 0.5) is 4.79 Å². The molecule has 166 valence electrons. The lowest BCUT2D eigenvalue weighted by atomic mass is 10.1. The fourth-order valence-electron chi connectivity index (χ4n) is 4.83. The van der Waals surface area contributed by atoms with Crippen molar-refractivity contribution in [1.29, 1.82) is 0 Å². The van der Waals surface area contributed by atoms with Gasteiger partial charge in [0, 0.05) is 25.9 Å². The Labute approximate surface area is 192 Å². The Bertz CT molecular complexity index is 911. The van der Waals surface area contributed by atoms with Gasteiger partial charge < -0.3 is 9.64 Å². The van der Waals surface area contributed by atoms with E-state index in [4.69, 9.17) is 4.74 Å². The van der Waals surface area contributed by atoms with Crippen LogP contribution < -0.4 is 15.9 Å². The molecule has 0 radical (unpaired) electrons. The summed E-state index contributed by atoms with van der Waals surface area (Å²) in [7, 11) is -1.91. The molecule has 0 unspecified atom stereocenters. The smallest absolute Gasteiger partial charge is 0.410 e. The zero-order valence-corrected chi connectivity index (χ0v) is 20.2. The highest BCUT2D eigenvalue weighted by atomic mass is 31.2. The summed E-state index contributed by atoms with van der Waals surface area (Å²) in [6, 6.07) is 33.0. The zero-order chi connectivity index (χ0) is 22.6. The van der Waals surface area contributed by atoms with Gasteiger partial charge in [0.25, 0.3) is 0 Å². The number of carbonyl (C=O) groups excluding carboxylic acids is 1. The van der Waals surface area contributed by atoms with Gasteiger partial charge in [-0.05, 0) is 57.2 Å². The number of piperidine rings is 1. The predicted molar refractivity (Wildman–Crippen MR) is 136 cm³/mol. The number of hydrogen-bond donors (Lipinski definition) is 0. The molecule has 0 spiro atoms. The first-order valence-electron chi connectivity index (χ1n) is 11.4. The number of nitrogens with zero attached hydrogens (tertiary/aromatic N) is 1. The highest BCUT2D eigenvalue weighted by molar-refractivity contribution is 7.96. The van der Waals surface area contributed by atoms with Crippen molar-refractivity contribution in [2.45, 2.75) is 44.9 Å². The summed E-state index contributed by atoms with van der Waals surface area (Å²) in [6.45, 7) is 7.24. The van der Waals surface area contributed by atoms with Crippen molar-refractivity contribution in [2.75, 3.05) is 13.1 Å². The van der Waals surface area contributed by atoms with Crippen LogP contribution in [-0.2, 0) is 4.74 Å². The van der Waals surface area contributed by atoms with E-state index < -0.39 is 12.9 Å². The van der Waals surface area contributed by atoms with Crippen LogP contribution in [0.5, 0.6) is 0 Å². The molecular weight excluding hydrogens is 413 g/mol. The Morgan fingerprint density at radius 3 is 1.47 bits per heavy atom. The molecule has 1 aliphatic rings. The number of likely N-dealkylation sites (tertiary alicyclic amines) is 1. The number of benzene rings is 3. The van der Waals surface area contributed by atoms with Gasteiger partial charge in [0.05, 0.1) is 5.66 Å². The molecule has 0 aromatic heterocycles. The molecule has 3 aromatic carbocycles. The molecule has 0 N–H and O–H groups in total. The third-order valence-corrected chi connectivity index (χ3v) is 11.1. The normalized spacial score (nSPS) is 15.4. The standard InChI is InChI=1S/C28H33NO2P/c1-28(2,3)31-27(30)29-21-19-26(20-22-29)32(23-13-7-4-8-14-23,24-15-9-5-10-16-24)25-17-11-6-12-18-25/h4-18,26H,19-22H2,1-3H3/q+1. The van der Waals surface area contributed by atoms with Crippen molar-refractivity contribution < 1.29 is 9.53 Å². The lowest BCUT2D eigenvalue weighted by Crippen LogP contribution is -2.47. The molecule has 1 fully saturated rings. The van der Waals surface area contributed by atoms with E-state index in [1.807, 2.05) is 25.7 Å². The lowest BCUT2D eigenvalue weighted by molar-refractivity contribution is 0.0218. The average molecular weight is 447 g/mol. The van der Waals surface area contributed by atoms with Gasteiger partial charge in [-0.3, -0.25) is 0 Å². The molecule has 1 aliphatic heterocycles. The van der Waals surface area contributed by atoms with Gasteiger partial charge in [-0.15, -0.1) is 0 Å². The molecule has 3 aromatic rings. The van der Waals surface area contributed by atoms with Crippen LogP contribution >= 0.6 is 7.26 Å². The molecule has 1 heterocycles. The quantitative estimate of drug-likeness (QED) is 0.504. The second-order valence-corrected chi connectivity index (χ2v) is 13.2. The van der Waals surface area contributed by atoms with E-state index >= 15 is 0 Å². The van der Waals surface area contributed by atoms with Crippen LogP contribution in [0.3, 0.4) is 0 Å². The third kappa shape index (κ3) is 4.59. The van der Waals surface area contributed by atoms with E-state index in [0.29, 0.717) is 5.66 Å². The number of ether oxygens (including phenoxy) is 1. The van der Waals surface area contributed by atoms with Gasteiger partial charge in [-0.1, -0.05) is 54.6 Å². The molecular formula is C28H33NO2P+. The summed E-state index contributed by atoms with van der Waals surface area (Å²) < 4.78 is 5.65. The Morgan fingerprint density at radius 1 is 0.750 bits per heavy atom. The molecule has 0 atom stereocenters. The fourth-order valence-corrected chi connectivity index (χ4v) is 9.92. The van der Waals surface area contributed by atoms with Gasteiger partial charge in [0.15, 0.2) is 0 Å². The molecule has 1 amide bonds. The van der Waals surface area contributed by atoms with Crippen molar-refractivity contribution in [2.24, 2.45) is 0 Å². The number of hydrogen-bond acceptors (Lipinski definition) is 2. The zero-order valence-electron chi connectivity index (χ0n) is 19.3. The van der Waals surface area contributed by atoms with Crippen LogP contribution in [0.15, 0.2) is 91.0 Å². The van der Waals surface area contributed by atoms with E-state index in [9.17, 15) is 4.79 Å². The van der Waals surface area contributed by atoms with Crippen molar-refractivity contribution in [1.82, 2.24) is 4.90 Å². The first-order chi connectivity index (χ1) is 15.4. The van der Waals surface area contributed by atoms with E-state index in [2.05, 4.69) is 91.0 Å². The summed E-state index contributed by atoms with van der Waals surface area (Å²) in [6.07, 6.45) is 1.73. The maximum Gasteiger partial charge on any atom is 0.410 e. The second kappa shape index (κ2) is 9.46. The minimum atomic E-state index is -1.91. The first-order valence-corrected chi connectivity index (χ1v) is 13.3. The molecule has 3 nitrogen and oxygen atoms in total. The lowest BCUT2D eigenvalue weighted by Gasteiger charge is -2.40. The molecule has 0 aliphatic carbocycles. The predicted octanol–water partition coefficient (Wildman–Crippen LogP) is 5.38. The molecule has 32 heavy (non-hydrogen) atoms. The molecule has 0 bridgehead atoms. The SMILES string of the molecule is CC(C)(C)OC(=O)N1CCC([P+](c2ccccc2)(c2ccccc2)c2ccccc2)CC1. The maximum absolute atomic E-state index is 12.7. The summed E-state index contributed by atoms with van der Waals surface area (Å²) in [5.41, 5.74) is -0.00334. The second-order valence-electron chi connectivity index (χ2n) is 9.43. The summed E-state index contributed by atoms with van der Waals surface area (Å²) in [4.78, 5) is 14.6. The first kappa shape index (κ1) is 22.6. The number of rotatable bonds is 4. The van der Waals surface area contributed by atoms with Crippen molar-refractivity contribution >= 4 is 29.3 Å². The van der Waals surface area contributed by atoms with E-state index in [1.54, 1.807) is 0 Å². The average Bonchev–Trinajstić information content (AvgIpc) is 2.81. The maximum atomic E-state index is 12.7. The van der Waals surface area contributed by atoms with Crippen molar-refractivity contribution in [3.8, 4) is 0 Å². The summed E-state index contributed by atoms with van der Waals surface area (Å²) in [5.74, 6) is 0. The van der Waals surface area contributed by atoms with E-state index in [0.717, 1.165) is 25.9 Å². The monoisotopic (exact) mass is 446 g/mol. The van der Waals surface area contributed by atoms with Crippen LogP contribution in [0.25, 0.3) is 0 Å². The minimum Gasteiger partial charge on any atom is -0.444 e. The highest BCUT2D eigenvalue weighted by Crippen LogP contribution is 2.62. The molecule has 4 heteroatoms. The molecule has 1 saturated heterocycles. The van der Waals surface area contributed by atoms with Gasteiger partial charge in [-0.25, -0.2) is 4.79 Å². The number of carbonyl (C=O) groups is 1. The Hall–Kier alpha value is -2.64. The van der Waals surface area contributed by atoms with Crippen LogP contribution in [-0.4, -0.2) is 35.3 Å². The van der Waals surface area contributed by atoms with Gasteiger partial charge in [-0.2, -0.15) is 0 Å². The Balaban J connectivity index is 1.75. The van der Waals surface area contributed by atoms with Crippen molar-refractivity contribution in [3.63, 3.8) is 0 Å². The van der Waals surface area contributed by atoms with Crippen LogP contribution in [0.2, 0.25) is 0 Å². The summed E-state index contributed by atoms with van der Waals surface area (Å²) in [5, 5.41) is 4.23. The number of amides is 1. The van der Waals surface area contributed by atoms with Crippen LogP contribution in [0, 0.1) is 0 Å². The topological polar surface area (TPSA) is 29.5 Å². The molecule has 4 rings (SSSR count). The van der Waals surface area contributed by atoms with Gasteiger partial charge in [0.1, 0.15) is 28.8 Å². The third-order valence-electron chi connectivity index (χ3n) is 6.15. The largest absolute Gasteiger partial charge is 0.444 e. The Kier molecular flexibility index (Phi) is 6.67. The van der Waals surface area contributed by atoms with Crippen LogP contribution in [0.1, 0.15) is 33.6 Å². The summed E-state index contributed by atoms with van der Waals surface area (Å²) >= 11 is 0. The highest BCUT2D eigenvalue weighted by Gasteiger charge is 2.53. The van der Waals surface area contributed by atoms with E-state index in [-0.39, 0.29) is 6.09 Å². The Morgan fingerprint density at radius 2 is 1.12 bits per heavy atom. The van der Waals surface area contributed by atoms with Gasteiger partial charge in [0.2, 0.25) is 0 Å². The fraction of sp³-hybridized carbons (Fsp3) is 0.321. The molecule has 0 saturated carbocycles. The van der Waals surface area contributed by atoms with E-state index in [1.165, 1.54) is 15.9 Å². The van der Waals surface area contributed by atoms with Crippen molar-refractivity contribution in [3.05, 3.63) is 91.0 Å². The van der Waals surface area contributed by atoms with Gasteiger partial charge >= 0.3 is 6.09 Å².